The van der Waals surface area contributed by atoms with Gasteiger partial charge in [0.15, 0.2) is 0 Å². The fourth-order valence-electron chi connectivity index (χ4n) is 8.18. The molecule has 1 aliphatic heterocycles. The molecule has 3 aromatic carbocycles. The lowest BCUT2D eigenvalue weighted by Gasteiger charge is -2.40. The molecule has 2 atom stereocenters. The first kappa shape index (κ1) is 36.9. The lowest BCUT2D eigenvalue weighted by molar-refractivity contribution is 0.0169. The third kappa shape index (κ3) is 7.53. The van der Waals surface area contributed by atoms with E-state index in [-0.39, 0.29) is 0 Å². The van der Waals surface area contributed by atoms with E-state index in [1.165, 1.54) is 22.3 Å². The van der Waals surface area contributed by atoms with Crippen LogP contribution in [-0.2, 0) is 40.3 Å². The Bertz CT molecular complexity index is 1870. The SMILES string of the molecule is CC(C)(C)OC(=O)N1CCC[C@]1(C)/C=C/S(=O)(=N[Si](c1ccccc1)(c1ccccc1)C(C)(C)C)NC(=O)Nc1c2c(cc3c1CCC3)CCC2. The molecule has 3 amide bonds. The first-order chi connectivity index (χ1) is 24.0. The largest absolute Gasteiger partial charge is 0.444 e. The molecule has 272 valence electrons. The molecule has 0 spiro atoms. The average molecular weight is 727 g/mol. The van der Waals surface area contributed by atoms with Crippen LogP contribution in [0.2, 0.25) is 5.04 Å². The van der Waals surface area contributed by atoms with Gasteiger partial charge in [-0.25, -0.2) is 22.5 Å². The van der Waals surface area contributed by atoms with E-state index in [1.807, 2.05) is 70.2 Å². The highest BCUT2D eigenvalue weighted by Gasteiger charge is 2.50. The minimum atomic E-state index is -3.62. The maximum Gasteiger partial charge on any atom is 0.410 e. The third-order valence-electron chi connectivity index (χ3n) is 10.6. The number of amides is 3. The Hall–Kier alpha value is -3.89. The third-order valence-corrected chi connectivity index (χ3v) is 18.3. The Morgan fingerprint density at radius 2 is 1.41 bits per heavy atom. The number of ether oxygens (including phenoxy) is 1. The molecule has 3 aliphatic rings. The number of aryl methyl sites for hydroxylation is 2. The van der Waals surface area contributed by atoms with E-state index in [9.17, 15) is 9.59 Å². The number of carbonyl (C=O) groups is 2. The second kappa shape index (κ2) is 13.9. The zero-order valence-corrected chi connectivity index (χ0v) is 33.1. The Morgan fingerprint density at radius 3 is 1.92 bits per heavy atom. The second-order valence-corrected chi connectivity index (χ2v) is 23.0. The number of nitrogens with zero attached hydrogens (tertiary/aromatic N) is 2. The Labute approximate surface area is 305 Å². The van der Waals surface area contributed by atoms with Crippen molar-refractivity contribution in [2.24, 2.45) is 4.03 Å². The van der Waals surface area contributed by atoms with E-state index in [2.05, 4.69) is 61.1 Å². The number of urea groups is 1. The number of fused-ring (bicyclic) bond motifs is 2. The second-order valence-electron chi connectivity index (χ2n) is 16.5. The number of anilines is 1. The highest BCUT2D eigenvalue weighted by molar-refractivity contribution is 7.96. The van der Waals surface area contributed by atoms with Gasteiger partial charge in [-0.3, -0.25) is 4.90 Å². The van der Waals surface area contributed by atoms with E-state index < -0.39 is 46.5 Å². The highest BCUT2D eigenvalue weighted by Crippen LogP contribution is 2.40. The van der Waals surface area contributed by atoms with Crippen LogP contribution < -0.4 is 20.4 Å². The summed E-state index contributed by atoms with van der Waals surface area (Å²) in [5.74, 6) is 0. The van der Waals surface area contributed by atoms with E-state index in [0.29, 0.717) is 13.0 Å². The molecular formula is C41H54N4O4SSi. The van der Waals surface area contributed by atoms with Crippen molar-refractivity contribution in [2.45, 2.75) is 116 Å². The van der Waals surface area contributed by atoms with Crippen molar-refractivity contribution in [2.75, 3.05) is 11.9 Å². The fraction of sp³-hybridized carbons (Fsp3) is 0.463. The van der Waals surface area contributed by atoms with Crippen LogP contribution in [-0.4, -0.2) is 47.2 Å². The molecule has 6 rings (SSSR count). The smallest absolute Gasteiger partial charge is 0.410 e. The molecule has 1 heterocycles. The molecule has 0 aromatic heterocycles. The Kier molecular flexibility index (Phi) is 10.1. The lowest BCUT2D eigenvalue weighted by Crippen LogP contribution is -2.64. The summed E-state index contributed by atoms with van der Waals surface area (Å²) in [5.41, 5.74) is 4.44. The summed E-state index contributed by atoms with van der Waals surface area (Å²) in [5, 5.41) is 6.30. The van der Waals surface area contributed by atoms with Crippen LogP contribution in [0.1, 0.15) is 96.4 Å². The van der Waals surface area contributed by atoms with Crippen LogP contribution in [0.15, 0.2) is 82.2 Å². The van der Waals surface area contributed by atoms with Crippen molar-refractivity contribution in [1.82, 2.24) is 9.62 Å². The van der Waals surface area contributed by atoms with Gasteiger partial charge in [0.2, 0.25) is 0 Å². The van der Waals surface area contributed by atoms with Gasteiger partial charge in [0.05, 0.1) is 5.54 Å². The van der Waals surface area contributed by atoms with Crippen LogP contribution in [0.3, 0.4) is 0 Å². The highest BCUT2D eigenvalue weighted by atomic mass is 32.2. The van der Waals surface area contributed by atoms with Gasteiger partial charge >= 0.3 is 12.1 Å². The van der Waals surface area contributed by atoms with Crippen molar-refractivity contribution in [1.29, 1.82) is 0 Å². The van der Waals surface area contributed by atoms with E-state index in [0.717, 1.165) is 61.0 Å². The van der Waals surface area contributed by atoms with Crippen LogP contribution in [0, 0.1) is 0 Å². The quantitative estimate of drug-likeness (QED) is 0.241. The van der Waals surface area contributed by atoms with Crippen molar-refractivity contribution in [3.05, 3.63) is 100 Å². The number of hydrogen-bond donors (Lipinski definition) is 2. The summed E-state index contributed by atoms with van der Waals surface area (Å²) in [4.78, 5) is 29.4. The molecule has 1 unspecified atom stereocenters. The van der Waals surface area contributed by atoms with Crippen LogP contribution in [0.5, 0.6) is 0 Å². The van der Waals surface area contributed by atoms with Crippen molar-refractivity contribution < 1.29 is 18.5 Å². The predicted molar refractivity (Wildman–Crippen MR) is 211 cm³/mol. The summed E-state index contributed by atoms with van der Waals surface area (Å²) >= 11 is 0. The minimum absolute atomic E-state index is 0.417. The molecule has 0 radical (unpaired) electrons. The molecule has 2 N–H and O–H groups in total. The van der Waals surface area contributed by atoms with Gasteiger partial charge in [0.25, 0.3) is 8.24 Å². The van der Waals surface area contributed by atoms with Gasteiger partial charge in [-0.05, 0) is 123 Å². The van der Waals surface area contributed by atoms with Crippen LogP contribution in [0.25, 0.3) is 0 Å². The molecule has 3 aromatic rings. The molecular weight excluding hydrogens is 673 g/mol. The number of hydrogen-bond acceptors (Lipinski definition) is 5. The van der Waals surface area contributed by atoms with Crippen LogP contribution >= 0.6 is 0 Å². The first-order valence-electron chi connectivity index (χ1n) is 18.4. The normalized spacial score (nSPS) is 20.1. The van der Waals surface area contributed by atoms with E-state index >= 15 is 4.21 Å². The summed E-state index contributed by atoms with van der Waals surface area (Å²) in [7, 11) is -6.92. The Morgan fingerprint density at radius 1 is 0.863 bits per heavy atom. The predicted octanol–water partition coefficient (Wildman–Crippen LogP) is 8.03. The molecule has 1 fully saturated rings. The summed E-state index contributed by atoms with van der Waals surface area (Å²) in [6, 6.07) is 22.0. The molecule has 51 heavy (non-hydrogen) atoms. The number of benzene rings is 3. The number of nitrogens with one attached hydrogen (secondary N) is 2. The zero-order valence-electron chi connectivity index (χ0n) is 31.3. The van der Waals surface area contributed by atoms with Crippen molar-refractivity contribution >= 4 is 46.3 Å². The van der Waals surface area contributed by atoms with Crippen molar-refractivity contribution in [3.8, 4) is 0 Å². The molecule has 10 heteroatoms. The zero-order chi connectivity index (χ0) is 36.7. The number of rotatable bonds is 7. The van der Waals surface area contributed by atoms with Gasteiger partial charge in [-0.1, -0.05) is 87.5 Å². The van der Waals surface area contributed by atoms with Gasteiger partial charge in [0.1, 0.15) is 15.5 Å². The Balaban J connectivity index is 1.50. The van der Waals surface area contributed by atoms with Crippen LogP contribution in [0.4, 0.5) is 15.3 Å². The molecule has 0 bridgehead atoms. The topological polar surface area (TPSA) is 100 Å². The summed E-state index contributed by atoms with van der Waals surface area (Å²) in [6.07, 6.45) is 8.79. The van der Waals surface area contributed by atoms with Gasteiger partial charge in [-0.2, -0.15) is 0 Å². The maximum atomic E-state index is 15.7. The van der Waals surface area contributed by atoms with Gasteiger partial charge < -0.3 is 10.1 Å². The molecule has 8 nitrogen and oxygen atoms in total. The summed E-state index contributed by atoms with van der Waals surface area (Å²) in [6.45, 7) is 14.5. The van der Waals surface area contributed by atoms with Gasteiger partial charge in [0, 0.05) is 17.6 Å². The molecule has 0 saturated carbocycles. The molecule has 2 aliphatic carbocycles. The van der Waals surface area contributed by atoms with E-state index in [1.54, 1.807) is 10.3 Å². The standard InChI is InChI=1S/C41H54N4O4SSi/c1-39(2,3)49-38(47)45-27-16-25-41(45,7)26-28-50(48,43-37(46)42-36-34-23-14-17-30(34)29-31-18-15-24-35(31)36)44-51(40(4,5)6,32-19-10-8-11-20-32)33-21-12-9-13-22-33/h8-13,19-22,26,28-29H,14-18,23-25,27H2,1-7H3,(H2,42,43,44,46,48)/b28-26+/t41-,50?/m1/s1. The average Bonchev–Trinajstić information content (AvgIpc) is 3.82. The number of carbonyl (C=O) groups excluding carboxylic acids is 2. The van der Waals surface area contributed by atoms with Crippen molar-refractivity contribution in [3.63, 3.8) is 0 Å². The number of likely N-dealkylation sites (tertiary alicyclic amines) is 1. The van der Waals surface area contributed by atoms with E-state index in [4.69, 9.17) is 8.77 Å². The summed E-state index contributed by atoms with van der Waals surface area (Å²) < 4.78 is 29.9. The molecule has 1 saturated heterocycles. The maximum absolute atomic E-state index is 15.7. The van der Waals surface area contributed by atoms with Gasteiger partial charge in [-0.15, -0.1) is 0 Å². The minimum Gasteiger partial charge on any atom is -0.444 e. The fourth-order valence-corrected chi connectivity index (χ4v) is 16.4. The monoisotopic (exact) mass is 726 g/mol. The first-order valence-corrected chi connectivity index (χ1v) is 21.9. The lowest BCUT2D eigenvalue weighted by atomic mass is 9.99.